The van der Waals surface area contributed by atoms with Crippen LogP contribution in [0.4, 0.5) is 26.3 Å². The van der Waals surface area contributed by atoms with Crippen LogP contribution in [0, 0.1) is 0 Å². The number of ether oxygens (including phenoxy) is 1. The fourth-order valence-corrected chi connectivity index (χ4v) is 3.28. The van der Waals surface area contributed by atoms with Crippen LogP contribution in [0.1, 0.15) is 53.9 Å². The molecule has 2 aromatic rings. The van der Waals surface area contributed by atoms with Gasteiger partial charge in [0, 0.05) is 5.54 Å². The highest BCUT2D eigenvalue weighted by Crippen LogP contribution is 2.42. The van der Waals surface area contributed by atoms with Crippen LogP contribution >= 0.6 is 0 Å². The van der Waals surface area contributed by atoms with E-state index in [1.807, 2.05) is 0 Å². The Balaban J connectivity index is 2.69. The second-order valence-electron chi connectivity index (χ2n) is 8.19. The number of hydrogen-bond acceptors (Lipinski definition) is 3. The summed E-state index contributed by atoms with van der Waals surface area (Å²) < 4.78 is 86.3. The number of carbonyl (C=O) groups is 1. The fourth-order valence-electron chi connectivity index (χ4n) is 3.28. The maximum atomic E-state index is 13.8. The van der Waals surface area contributed by atoms with E-state index in [4.69, 9.17) is 4.74 Å². The standard InChI is InChI=1S/C23H26F6N2O2/c1-6-33-17-13-15(22(24,25)26)12-16(23(27,28)29)18(17)20(32)30-19(21(2,3)31(4)5)14-10-8-7-9-11-14/h7-13,19H,6H2,1-5H3,(H,30,32). The van der Waals surface area contributed by atoms with Crippen molar-refractivity contribution in [2.75, 3.05) is 20.7 Å². The van der Waals surface area contributed by atoms with Crippen molar-refractivity contribution in [1.29, 1.82) is 0 Å². The van der Waals surface area contributed by atoms with Crippen LogP contribution in [-0.2, 0) is 12.4 Å². The van der Waals surface area contributed by atoms with Gasteiger partial charge in [0.15, 0.2) is 0 Å². The van der Waals surface area contributed by atoms with Gasteiger partial charge in [-0.25, -0.2) is 0 Å². The van der Waals surface area contributed by atoms with Crippen LogP contribution in [0.25, 0.3) is 0 Å². The summed E-state index contributed by atoms with van der Waals surface area (Å²) in [6.07, 6.45) is -10.3. The van der Waals surface area contributed by atoms with Gasteiger partial charge in [-0.05, 0) is 52.6 Å². The zero-order valence-corrected chi connectivity index (χ0v) is 18.9. The molecule has 0 aliphatic heterocycles. The van der Waals surface area contributed by atoms with Gasteiger partial charge in [0.1, 0.15) is 5.75 Å². The molecular formula is C23H26F6N2O2. The average molecular weight is 476 g/mol. The molecule has 1 N–H and O–H groups in total. The van der Waals surface area contributed by atoms with Gasteiger partial charge in [0.25, 0.3) is 5.91 Å². The zero-order valence-electron chi connectivity index (χ0n) is 18.9. The van der Waals surface area contributed by atoms with E-state index in [0.717, 1.165) is 0 Å². The first kappa shape index (κ1) is 26.5. The Bertz CT molecular complexity index is 969. The molecule has 0 aliphatic rings. The van der Waals surface area contributed by atoms with Crippen molar-refractivity contribution in [3.63, 3.8) is 0 Å². The van der Waals surface area contributed by atoms with Crippen molar-refractivity contribution in [2.45, 2.75) is 44.7 Å². The molecule has 1 amide bonds. The Morgan fingerprint density at radius 3 is 2.03 bits per heavy atom. The van der Waals surface area contributed by atoms with Gasteiger partial charge in [0.05, 0.1) is 29.3 Å². The molecule has 1 unspecified atom stereocenters. The number of alkyl halides is 6. The minimum Gasteiger partial charge on any atom is -0.493 e. The quantitative estimate of drug-likeness (QED) is 0.504. The monoisotopic (exact) mass is 476 g/mol. The molecular weight excluding hydrogens is 450 g/mol. The van der Waals surface area contributed by atoms with Crippen molar-refractivity contribution in [3.8, 4) is 5.75 Å². The average Bonchev–Trinajstić information content (AvgIpc) is 2.70. The van der Waals surface area contributed by atoms with E-state index in [2.05, 4.69) is 5.32 Å². The molecule has 0 fully saturated rings. The molecule has 0 saturated heterocycles. The lowest BCUT2D eigenvalue weighted by Crippen LogP contribution is -2.51. The topological polar surface area (TPSA) is 41.6 Å². The summed E-state index contributed by atoms with van der Waals surface area (Å²) in [5.41, 5.74) is -4.42. The summed E-state index contributed by atoms with van der Waals surface area (Å²) in [4.78, 5) is 15.0. The van der Waals surface area contributed by atoms with Gasteiger partial charge in [0.2, 0.25) is 0 Å². The summed E-state index contributed by atoms with van der Waals surface area (Å²) in [7, 11) is 3.49. The molecule has 2 rings (SSSR count). The molecule has 1 atom stereocenters. The van der Waals surface area contributed by atoms with Crippen molar-refractivity contribution < 1.29 is 35.9 Å². The second-order valence-corrected chi connectivity index (χ2v) is 8.19. The normalized spacial score (nSPS) is 13.7. The summed E-state index contributed by atoms with van der Waals surface area (Å²) >= 11 is 0. The number of nitrogens with zero attached hydrogens (tertiary/aromatic N) is 1. The Labute approximate surface area is 188 Å². The van der Waals surface area contributed by atoms with Gasteiger partial charge in [-0.3, -0.25) is 4.79 Å². The molecule has 4 nitrogen and oxygen atoms in total. The zero-order chi connectivity index (χ0) is 25.2. The Morgan fingerprint density at radius 2 is 1.58 bits per heavy atom. The molecule has 0 saturated carbocycles. The highest BCUT2D eigenvalue weighted by molar-refractivity contribution is 5.99. The van der Waals surface area contributed by atoms with Crippen molar-refractivity contribution >= 4 is 5.91 Å². The fraction of sp³-hybridized carbons (Fsp3) is 0.435. The molecule has 0 bridgehead atoms. The van der Waals surface area contributed by atoms with Gasteiger partial charge in [-0.2, -0.15) is 26.3 Å². The van der Waals surface area contributed by atoms with Gasteiger partial charge < -0.3 is 15.0 Å². The predicted octanol–water partition coefficient (Wildman–Crippen LogP) is 5.93. The molecule has 0 spiro atoms. The van der Waals surface area contributed by atoms with Crippen LogP contribution in [0.2, 0.25) is 0 Å². The van der Waals surface area contributed by atoms with Crippen LogP contribution in [0.3, 0.4) is 0 Å². The Morgan fingerprint density at radius 1 is 1.00 bits per heavy atom. The Hall–Kier alpha value is -2.75. The van der Waals surface area contributed by atoms with E-state index in [-0.39, 0.29) is 12.7 Å². The van der Waals surface area contributed by atoms with Crippen LogP contribution < -0.4 is 10.1 Å². The minimum absolute atomic E-state index is 0.0634. The van der Waals surface area contributed by atoms with E-state index in [9.17, 15) is 31.1 Å². The highest BCUT2D eigenvalue weighted by atomic mass is 19.4. The second kappa shape index (κ2) is 9.62. The minimum atomic E-state index is -5.22. The largest absolute Gasteiger partial charge is 0.493 e. The number of halogens is 6. The number of hydrogen-bond donors (Lipinski definition) is 1. The van der Waals surface area contributed by atoms with Gasteiger partial charge in [-0.15, -0.1) is 0 Å². The molecule has 0 aromatic heterocycles. The predicted molar refractivity (Wildman–Crippen MR) is 112 cm³/mol. The summed E-state index contributed by atoms with van der Waals surface area (Å²) in [5.74, 6) is -1.98. The van der Waals surface area contributed by atoms with E-state index >= 15 is 0 Å². The number of nitrogens with one attached hydrogen (secondary N) is 1. The first-order valence-corrected chi connectivity index (χ1v) is 10.1. The van der Waals surface area contributed by atoms with Gasteiger partial charge in [-0.1, -0.05) is 30.3 Å². The maximum Gasteiger partial charge on any atom is 0.417 e. The van der Waals surface area contributed by atoms with Crippen LogP contribution in [0.5, 0.6) is 5.75 Å². The number of carbonyl (C=O) groups excluding carboxylic acids is 1. The molecule has 0 radical (unpaired) electrons. The highest BCUT2D eigenvalue weighted by Gasteiger charge is 2.43. The lowest BCUT2D eigenvalue weighted by Gasteiger charge is -2.41. The molecule has 0 aliphatic carbocycles. The van der Waals surface area contributed by atoms with E-state index < -0.39 is 52.3 Å². The number of benzene rings is 2. The van der Waals surface area contributed by atoms with Gasteiger partial charge >= 0.3 is 12.4 Å². The summed E-state index contributed by atoms with van der Waals surface area (Å²) in [5, 5.41) is 2.60. The molecule has 0 heterocycles. The SMILES string of the molecule is CCOc1cc(C(F)(F)F)cc(C(F)(F)F)c1C(=O)NC(c1ccccc1)C(C)(C)N(C)C. The first-order chi connectivity index (χ1) is 15.1. The lowest BCUT2D eigenvalue weighted by atomic mass is 9.87. The molecule has 2 aromatic carbocycles. The first-order valence-electron chi connectivity index (χ1n) is 10.1. The van der Waals surface area contributed by atoms with Crippen molar-refractivity contribution in [1.82, 2.24) is 10.2 Å². The molecule has 10 heteroatoms. The van der Waals surface area contributed by atoms with E-state index in [1.165, 1.54) is 6.92 Å². The number of amides is 1. The van der Waals surface area contributed by atoms with E-state index in [0.29, 0.717) is 11.6 Å². The van der Waals surface area contributed by atoms with Crippen molar-refractivity contribution in [3.05, 3.63) is 64.7 Å². The smallest absolute Gasteiger partial charge is 0.417 e. The van der Waals surface area contributed by atoms with Crippen molar-refractivity contribution in [2.24, 2.45) is 0 Å². The van der Waals surface area contributed by atoms with Crippen LogP contribution in [0.15, 0.2) is 42.5 Å². The maximum absolute atomic E-state index is 13.8. The summed E-state index contributed by atoms with van der Waals surface area (Å²) in [6.45, 7) is 4.74. The third kappa shape index (κ3) is 5.98. The number of rotatable bonds is 7. The molecule has 182 valence electrons. The Kier molecular flexibility index (Phi) is 7.73. The third-order valence-corrected chi connectivity index (χ3v) is 5.53. The van der Waals surface area contributed by atoms with Crippen LogP contribution in [-0.4, -0.2) is 37.0 Å². The molecule has 33 heavy (non-hydrogen) atoms. The number of likely N-dealkylation sites (N-methyl/N-ethyl adjacent to an activating group) is 1. The van der Waals surface area contributed by atoms with E-state index in [1.54, 1.807) is 63.2 Å². The summed E-state index contributed by atoms with van der Waals surface area (Å²) in [6, 6.07) is 8.15. The lowest BCUT2D eigenvalue weighted by molar-refractivity contribution is -0.143. The third-order valence-electron chi connectivity index (χ3n) is 5.53.